The van der Waals surface area contributed by atoms with E-state index in [-0.39, 0.29) is 18.9 Å². The van der Waals surface area contributed by atoms with Gasteiger partial charge in [-0.25, -0.2) is 0 Å². The number of hydrogen-bond donors (Lipinski definition) is 12. The molecule has 3 saturated heterocycles. The minimum Gasteiger partial charge on any atom is -0.394 e. The first-order valence-electron chi connectivity index (χ1n) is 38.8. The van der Waals surface area contributed by atoms with E-state index in [1.807, 2.05) is 0 Å². The van der Waals surface area contributed by atoms with Gasteiger partial charge in [-0.2, -0.15) is 0 Å². The highest BCUT2D eigenvalue weighted by Crippen LogP contribution is 2.33. The van der Waals surface area contributed by atoms with Gasteiger partial charge in [-0.15, -0.1) is 0 Å². The van der Waals surface area contributed by atoms with Crippen molar-refractivity contribution in [1.82, 2.24) is 5.32 Å². The third kappa shape index (κ3) is 39.6. The molecule has 0 aromatic carbocycles. The van der Waals surface area contributed by atoms with Crippen molar-refractivity contribution in [3.63, 3.8) is 0 Å². The van der Waals surface area contributed by atoms with Crippen LogP contribution in [0.2, 0.25) is 0 Å². The maximum absolute atomic E-state index is 13.5. The molecule has 0 aliphatic carbocycles. The second-order valence-electron chi connectivity index (χ2n) is 27.4. The normalized spacial score (nSPS) is 27.2. The maximum atomic E-state index is 13.5. The molecule has 19 nitrogen and oxygen atoms in total. The van der Waals surface area contributed by atoms with E-state index in [1.54, 1.807) is 0 Å². The largest absolute Gasteiger partial charge is 0.394 e. The van der Waals surface area contributed by atoms with E-state index in [1.165, 1.54) is 148 Å². The predicted octanol–water partition coefficient (Wildman–Crippen LogP) is 12.2. The Morgan fingerprint density at radius 2 is 0.704 bits per heavy atom. The van der Waals surface area contributed by atoms with Crippen molar-refractivity contribution < 1.29 is 89.4 Å². The lowest BCUT2D eigenvalue weighted by molar-refractivity contribution is -0.379. The summed E-state index contributed by atoms with van der Waals surface area (Å²) in [4.78, 5) is 13.5. The Morgan fingerprint density at radius 3 is 1.10 bits per heavy atom. The standard InChI is InChI=1S/C79H139NO18/c1-3-5-7-9-11-13-15-17-19-21-23-24-25-26-27-28-29-30-31-32-33-34-35-36-37-38-39-41-43-45-47-49-51-53-55-57-67(85)80-62(63(84)56-54-52-50-48-46-44-42-40-22-20-18-16-14-12-10-8-6-4-2)61-93-77-73(91)70(88)75(65(59-82)95-77)98-79-74(92)71(89)76(66(60-83)96-79)97-78-72(90)69(87)68(86)64(58-81)94-78/h5,7,11,13,17,19,23-24,26-27,29-30,32-33,62-66,68-79,81-84,86-92H,3-4,6,8-10,12,14-16,18,20-22,25,28,31,34-61H2,1-2H3,(H,80,85)/b7-5-,13-11-,19-17-,24-23-,27-26-,30-29-,33-32-. The smallest absolute Gasteiger partial charge is 0.220 e. The summed E-state index contributed by atoms with van der Waals surface area (Å²) in [6.45, 7) is 1.70. The molecule has 3 rings (SSSR count). The highest BCUT2D eigenvalue weighted by atomic mass is 16.8. The van der Waals surface area contributed by atoms with Crippen molar-refractivity contribution in [3.05, 3.63) is 85.1 Å². The zero-order chi connectivity index (χ0) is 71.1. The maximum Gasteiger partial charge on any atom is 0.220 e. The van der Waals surface area contributed by atoms with E-state index in [9.17, 15) is 61.0 Å². The number of ether oxygens (including phenoxy) is 6. The van der Waals surface area contributed by atoms with Gasteiger partial charge in [0.15, 0.2) is 18.9 Å². The summed E-state index contributed by atoms with van der Waals surface area (Å²) in [5.74, 6) is -0.245. The molecule has 0 aromatic rings. The van der Waals surface area contributed by atoms with Crippen LogP contribution in [0.3, 0.4) is 0 Å². The lowest BCUT2D eigenvalue weighted by Gasteiger charge is -2.48. The van der Waals surface area contributed by atoms with Crippen LogP contribution in [0.15, 0.2) is 85.1 Å². The fourth-order valence-electron chi connectivity index (χ4n) is 12.8. The second kappa shape index (κ2) is 59.4. The van der Waals surface area contributed by atoms with E-state index in [2.05, 4.69) is 104 Å². The van der Waals surface area contributed by atoms with Gasteiger partial charge in [0.2, 0.25) is 5.91 Å². The Bertz CT molecular complexity index is 2100. The van der Waals surface area contributed by atoms with E-state index in [0.717, 1.165) is 96.3 Å². The van der Waals surface area contributed by atoms with E-state index < -0.39 is 124 Å². The van der Waals surface area contributed by atoms with Crippen LogP contribution < -0.4 is 5.32 Å². The topological polar surface area (TPSA) is 307 Å². The highest BCUT2D eigenvalue weighted by molar-refractivity contribution is 5.76. The summed E-state index contributed by atoms with van der Waals surface area (Å²) < 4.78 is 34.5. The number of aliphatic hydroxyl groups is 11. The third-order valence-electron chi connectivity index (χ3n) is 19.0. The van der Waals surface area contributed by atoms with Gasteiger partial charge in [-0.05, 0) is 70.6 Å². The number of carbonyl (C=O) groups is 1. The Balaban J connectivity index is 1.35. The van der Waals surface area contributed by atoms with Crippen molar-refractivity contribution in [2.45, 2.75) is 381 Å². The number of allylic oxidation sites excluding steroid dienone is 14. The number of nitrogens with one attached hydrogen (secondary N) is 1. The summed E-state index contributed by atoms with van der Waals surface area (Å²) in [6, 6.07) is -0.893. The van der Waals surface area contributed by atoms with Crippen molar-refractivity contribution >= 4 is 5.91 Å². The number of amides is 1. The molecule has 1 amide bonds. The van der Waals surface area contributed by atoms with Gasteiger partial charge < -0.3 is 89.9 Å². The Hall–Kier alpha value is -3.03. The van der Waals surface area contributed by atoms with Crippen LogP contribution in [0.5, 0.6) is 0 Å². The first-order chi connectivity index (χ1) is 47.8. The first kappa shape index (κ1) is 89.2. The van der Waals surface area contributed by atoms with Crippen LogP contribution >= 0.6 is 0 Å². The van der Waals surface area contributed by atoms with Crippen molar-refractivity contribution in [3.8, 4) is 0 Å². The molecular weight excluding hydrogens is 1250 g/mol. The number of unbranched alkanes of at least 4 members (excludes halogenated alkanes) is 30. The van der Waals surface area contributed by atoms with Crippen LogP contribution in [0.4, 0.5) is 0 Å². The van der Waals surface area contributed by atoms with Gasteiger partial charge in [-0.3, -0.25) is 4.79 Å². The van der Waals surface area contributed by atoms with Gasteiger partial charge in [0, 0.05) is 6.42 Å². The summed E-state index contributed by atoms with van der Waals surface area (Å²) in [6.07, 6.45) is 50.9. The second-order valence-corrected chi connectivity index (χ2v) is 27.4. The van der Waals surface area contributed by atoms with Crippen LogP contribution in [0.1, 0.15) is 277 Å². The molecule has 3 aliphatic rings. The van der Waals surface area contributed by atoms with Crippen molar-refractivity contribution in [2.75, 3.05) is 26.4 Å². The molecule has 3 aliphatic heterocycles. The van der Waals surface area contributed by atoms with Crippen molar-refractivity contribution in [1.29, 1.82) is 0 Å². The van der Waals surface area contributed by atoms with E-state index in [4.69, 9.17) is 28.4 Å². The van der Waals surface area contributed by atoms with Crippen LogP contribution in [-0.2, 0) is 33.2 Å². The van der Waals surface area contributed by atoms with Gasteiger partial charge in [0.1, 0.15) is 73.2 Å². The Kier molecular flexibility index (Phi) is 54.0. The lowest BCUT2D eigenvalue weighted by Crippen LogP contribution is -2.66. The molecule has 12 N–H and O–H groups in total. The molecule has 17 atom stereocenters. The zero-order valence-corrected chi connectivity index (χ0v) is 60.5. The SMILES string of the molecule is CC/C=C\C/C=C\C/C=C\C/C=C\C/C=C\C/C=C\C/C=C\CCCCCCCCCCCCCCCC(=O)NC(COC1OC(CO)C(OC2OC(CO)C(OC3OC(CO)C(O)C(O)C3O)C(O)C2O)C(O)C1O)C(O)CCCCCCCCCCCCCCCCCCCC. The zero-order valence-electron chi connectivity index (χ0n) is 60.5. The highest BCUT2D eigenvalue weighted by Gasteiger charge is 2.54. The summed E-state index contributed by atoms with van der Waals surface area (Å²) >= 11 is 0. The minimum absolute atomic E-state index is 0.245. The molecule has 0 bridgehead atoms. The Labute approximate surface area is 590 Å². The summed E-state index contributed by atoms with van der Waals surface area (Å²) in [5, 5.41) is 121. The molecule has 568 valence electrons. The van der Waals surface area contributed by atoms with Crippen LogP contribution in [0, 0.1) is 0 Å². The van der Waals surface area contributed by atoms with Crippen LogP contribution in [-0.4, -0.2) is 193 Å². The Morgan fingerprint density at radius 1 is 0.378 bits per heavy atom. The quantitative estimate of drug-likeness (QED) is 0.0199. The summed E-state index contributed by atoms with van der Waals surface area (Å²) in [5.41, 5.74) is 0. The van der Waals surface area contributed by atoms with Crippen molar-refractivity contribution in [2.24, 2.45) is 0 Å². The van der Waals surface area contributed by atoms with Gasteiger partial charge >= 0.3 is 0 Å². The monoisotopic (exact) mass is 1390 g/mol. The van der Waals surface area contributed by atoms with Crippen LogP contribution in [0.25, 0.3) is 0 Å². The molecule has 17 unspecified atom stereocenters. The number of rotatable bonds is 60. The molecular formula is C79H139NO18. The van der Waals surface area contributed by atoms with Gasteiger partial charge in [-0.1, -0.05) is 285 Å². The molecule has 3 fully saturated rings. The molecule has 3 heterocycles. The number of carbonyl (C=O) groups excluding carboxylic acids is 1. The van der Waals surface area contributed by atoms with E-state index in [0.29, 0.717) is 12.8 Å². The molecule has 19 heteroatoms. The molecule has 0 spiro atoms. The molecule has 0 aromatic heterocycles. The average Bonchev–Trinajstić information content (AvgIpc) is 0.785. The number of aliphatic hydroxyl groups excluding tert-OH is 11. The fraction of sp³-hybridized carbons (Fsp3) is 0.810. The predicted molar refractivity (Wildman–Crippen MR) is 388 cm³/mol. The molecule has 98 heavy (non-hydrogen) atoms. The average molecular weight is 1390 g/mol. The fourth-order valence-corrected chi connectivity index (χ4v) is 12.8. The lowest BCUT2D eigenvalue weighted by atomic mass is 9.96. The molecule has 0 radical (unpaired) electrons. The third-order valence-corrected chi connectivity index (χ3v) is 19.0. The summed E-state index contributed by atoms with van der Waals surface area (Å²) in [7, 11) is 0. The van der Waals surface area contributed by atoms with Gasteiger partial charge in [0.05, 0.1) is 38.6 Å². The van der Waals surface area contributed by atoms with Gasteiger partial charge in [0.25, 0.3) is 0 Å². The number of hydrogen-bond acceptors (Lipinski definition) is 18. The van der Waals surface area contributed by atoms with E-state index >= 15 is 0 Å². The first-order valence-corrected chi connectivity index (χ1v) is 38.8. The minimum atomic E-state index is -1.98. The molecule has 0 saturated carbocycles.